The second kappa shape index (κ2) is 9.40. The number of ether oxygens (including phenoxy) is 2. The molecule has 1 amide bonds. The Bertz CT molecular complexity index is 1160. The third-order valence-corrected chi connectivity index (χ3v) is 7.13. The fourth-order valence-electron chi connectivity index (χ4n) is 4.18. The fourth-order valence-corrected chi connectivity index (χ4v) is 5.22. The van der Waals surface area contributed by atoms with Crippen LogP contribution >= 0.6 is 11.8 Å². The summed E-state index contributed by atoms with van der Waals surface area (Å²) < 4.78 is 11.3. The van der Waals surface area contributed by atoms with Gasteiger partial charge in [-0.15, -0.1) is 11.8 Å². The highest BCUT2D eigenvalue weighted by molar-refractivity contribution is 7.99. The minimum Gasteiger partial charge on any atom is -0.486 e. The van der Waals surface area contributed by atoms with Crippen LogP contribution in [-0.2, 0) is 6.54 Å². The summed E-state index contributed by atoms with van der Waals surface area (Å²) in [7, 11) is 0. The van der Waals surface area contributed by atoms with E-state index in [-0.39, 0.29) is 11.9 Å². The van der Waals surface area contributed by atoms with Crippen molar-refractivity contribution in [3.05, 3.63) is 82.9 Å². The molecule has 6 heteroatoms. The lowest BCUT2D eigenvalue weighted by Crippen LogP contribution is -2.30. The minimum atomic E-state index is -0.151. The van der Waals surface area contributed by atoms with Crippen molar-refractivity contribution < 1.29 is 14.3 Å². The van der Waals surface area contributed by atoms with Gasteiger partial charge in [-0.3, -0.25) is 4.79 Å². The van der Waals surface area contributed by atoms with Crippen LogP contribution in [0.1, 0.15) is 40.0 Å². The minimum absolute atomic E-state index is 0.0777. The van der Waals surface area contributed by atoms with Gasteiger partial charge in [0.05, 0.1) is 11.7 Å². The van der Waals surface area contributed by atoms with Crippen LogP contribution in [-0.4, -0.2) is 31.4 Å². The summed E-state index contributed by atoms with van der Waals surface area (Å²) >= 11 is 1.85. The van der Waals surface area contributed by atoms with Crippen LogP contribution in [0.2, 0.25) is 0 Å². The molecule has 33 heavy (non-hydrogen) atoms. The summed E-state index contributed by atoms with van der Waals surface area (Å²) in [6, 6.07) is 20.4. The maximum absolute atomic E-state index is 13.1. The number of anilines is 1. The summed E-state index contributed by atoms with van der Waals surface area (Å²) in [5.41, 5.74) is 5.34. The third-order valence-electron chi connectivity index (χ3n) is 6.09. The van der Waals surface area contributed by atoms with Crippen LogP contribution in [0.15, 0.2) is 65.6 Å². The molecule has 2 heterocycles. The number of nitrogens with one attached hydrogen (secondary N) is 1. The summed E-state index contributed by atoms with van der Waals surface area (Å²) in [6.07, 6.45) is 0. The van der Waals surface area contributed by atoms with E-state index in [0.717, 1.165) is 41.6 Å². The average Bonchev–Trinajstić information content (AvgIpc) is 2.85. The van der Waals surface area contributed by atoms with Crippen LogP contribution in [0.25, 0.3) is 0 Å². The number of fused-ring (bicyclic) bond motifs is 2. The first-order valence-electron chi connectivity index (χ1n) is 11.3. The molecule has 0 unspecified atom stereocenters. The van der Waals surface area contributed by atoms with Crippen molar-refractivity contribution in [3.63, 3.8) is 0 Å². The lowest BCUT2D eigenvalue weighted by Gasteiger charge is -2.31. The predicted octanol–water partition coefficient (Wildman–Crippen LogP) is 5.37. The smallest absolute Gasteiger partial charge is 0.251 e. The van der Waals surface area contributed by atoms with Crippen molar-refractivity contribution in [3.8, 4) is 11.5 Å². The monoisotopic (exact) mass is 460 g/mol. The van der Waals surface area contributed by atoms with Crippen molar-refractivity contribution in [2.75, 3.05) is 30.4 Å². The molecule has 0 bridgehead atoms. The lowest BCUT2D eigenvalue weighted by atomic mass is 10.1. The van der Waals surface area contributed by atoms with E-state index in [1.54, 1.807) is 0 Å². The van der Waals surface area contributed by atoms with Crippen LogP contribution < -0.4 is 19.7 Å². The molecule has 1 N–H and O–H groups in total. The lowest BCUT2D eigenvalue weighted by molar-refractivity contribution is 0.0939. The first-order chi connectivity index (χ1) is 16.1. The molecule has 170 valence electrons. The second-order valence-corrected chi connectivity index (χ2v) is 9.67. The standard InChI is InChI=1S/C27H28N2O3S/c1-18-3-5-20(6-4-18)17-29-11-14-33-26-10-8-22(15-23(26)29)27(30)28-19(2)21-7-9-24-25(16-21)32-13-12-31-24/h3-10,15-16,19H,11-14,17H2,1-2H3,(H,28,30)/t19-/m1/s1. The number of carbonyl (C=O) groups excluding carboxylic acids is 1. The largest absolute Gasteiger partial charge is 0.486 e. The van der Waals surface area contributed by atoms with Crippen LogP contribution in [0.3, 0.4) is 0 Å². The van der Waals surface area contributed by atoms with Gasteiger partial charge in [-0.25, -0.2) is 0 Å². The van der Waals surface area contributed by atoms with Crippen LogP contribution in [0, 0.1) is 6.92 Å². The van der Waals surface area contributed by atoms with E-state index in [1.807, 2.05) is 49.0 Å². The zero-order chi connectivity index (χ0) is 22.8. The second-order valence-electron chi connectivity index (χ2n) is 8.54. The number of benzene rings is 3. The first-order valence-corrected chi connectivity index (χ1v) is 12.3. The molecule has 3 aromatic rings. The van der Waals surface area contributed by atoms with E-state index in [0.29, 0.717) is 18.8 Å². The maximum Gasteiger partial charge on any atom is 0.251 e. The SMILES string of the molecule is Cc1ccc(CN2CCSc3ccc(C(=O)N[C@H](C)c4ccc5c(c4)OCCO5)cc32)cc1. The van der Waals surface area contributed by atoms with Crippen LogP contribution in [0.5, 0.6) is 11.5 Å². The van der Waals surface area contributed by atoms with Crippen molar-refractivity contribution in [1.82, 2.24) is 5.32 Å². The number of hydrogen-bond donors (Lipinski definition) is 1. The van der Waals surface area contributed by atoms with E-state index in [1.165, 1.54) is 16.0 Å². The molecule has 0 spiro atoms. The van der Waals surface area contributed by atoms with Gasteiger partial charge in [-0.1, -0.05) is 35.9 Å². The number of nitrogens with zero attached hydrogens (tertiary/aromatic N) is 1. The summed E-state index contributed by atoms with van der Waals surface area (Å²) in [5.74, 6) is 2.46. The van der Waals surface area contributed by atoms with Gasteiger partial charge in [0.15, 0.2) is 11.5 Å². The van der Waals surface area contributed by atoms with Gasteiger partial charge in [-0.05, 0) is 55.3 Å². The molecule has 0 fully saturated rings. The zero-order valence-corrected chi connectivity index (χ0v) is 19.8. The third kappa shape index (κ3) is 4.81. The molecule has 0 aromatic heterocycles. The normalized spacial score (nSPS) is 15.5. The number of amides is 1. The van der Waals surface area contributed by atoms with Gasteiger partial charge in [0.1, 0.15) is 13.2 Å². The van der Waals surface area contributed by atoms with E-state index < -0.39 is 0 Å². The Balaban J connectivity index is 1.32. The Morgan fingerprint density at radius 2 is 1.82 bits per heavy atom. The summed E-state index contributed by atoms with van der Waals surface area (Å²) in [5, 5.41) is 3.14. The number of thioether (sulfide) groups is 1. The van der Waals surface area contributed by atoms with Gasteiger partial charge >= 0.3 is 0 Å². The Morgan fingerprint density at radius 1 is 1.03 bits per heavy atom. The maximum atomic E-state index is 13.1. The Kier molecular flexibility index (Phi) is 6.18. The Hall–Kier alpha value is -3.12. The molecular formula is C27H28N2O3S. The van der Waals surface area contributed by atoms with Gasteiger partial charge in [-0.2, -0.15) is 0 Å². The number of hydrogen-bond acceptors (Lipinski definition) is 5. The Labute approximate surface area is 199 Å². The van der Waals surface area contributed by atoms with Crippen molar-refractivity contribution in [2.24, 2.45) is 0 Å². The zero-order valence-electron chi connectivity index (χ0n) is 19.0. The molecule has 1 atom stereocenters. The number of aryl methyl sites for hydroxylation is 1. The summed E-state index contributed by atoms with van der Waals surface area (Å²) in [4.78, 5) is 16.7. The number of carbonyl (C=O) groups is 1. The molecule has 5 nitrogen and oxygen atoms in total. The summed E-state index contributed by atoms with van der Waals surface area (Å²) in [6.45, 7) is 7.01. The highest BCUT2D eigenvalue weighted by atomic mass is 32.2. The molecular weight excluding hydrogens is 432 g/mol. The molecule has 0 saturated carbocycles. The van der Waals surface area contributed by atoms with E-state index >= 15 is 0 Å². The number of rotatable bonds is 5. The molecule has 0 saturated heterocycles. The fraction of sp³-hybridized carbons (Fsp3) is 0.296. The molecule has 0 radical (unpaired) electrons. The quantitative estimate of drug-likeness (QED) is 0.555. The van der Waals surface area contributed by atoms with E-state index in [9.17, 15) is 4.79 Å². The highest BCUT2D eigenvalue weighted by Crippen LogP contribution is 2.37. The topological polar surface area (TPSA) is 50.8 Å². The van der Waals surface area contributed by atoms with E-state index in [2.05, 4.69) is 47.5 Å². The van der Waals surface area contributed by atoms with Gasteiger partial charge in [0.2, 0.25) is 0 Å². The van der Waals surface area contributed by atoms with Gasteiger partial charge in [0.25, 0.3) is 5.91 Å². The molecule has 5 rings (SSSR count). The van der Waals surface area contributed by atoms with Gasteiger partial charge < -0.3 is 19.7 Å². The molecule has 2 aliphatic heterocycles. The first kappa shape index (κ1) is 21.7. The highest BCUT2D eigenvalue weighted by Gasteiger charge is 2.21. The van der Waals surface area contributed by atoms with E-state index in [4.69, 9.17) is 9.47 Å². The molecule has 2 aliphatic rings. The average molecular weight is 461 g/mol. The molecule has 3 aromatic carbocycles. The van der Waals surface area contributed by atoms with Gasteiger partial charge in [0, 0.05) is 29.3 Å². The van der Waals surface area contributed by atoms with Crippen molar-refractivity contribution in [2.45, 2.75) is 31.3 Å². The Morgan fingerprint density at radius 3 is 2.64 bits per heavy atom. The van der Waals surface area contributed by atoms with Crippen molar-refractivity contribution >= 4 is 23.4 Å². The van der Waals surface area contributed by atoms with Crippen LogP contribution in [0.4, 0.5) is 5.69 Å². The van der Waals surface area contributed by atoms with Crippen molar-refractivity contribution in [1.29, 1.82) is 0 Å². The molecule has 0 aliphatic carbocycles. The predicted molar refractivity (Wildman–Crippen MR) is 133 cm³/mol.